The van der Waals surface area contributed by atoms with Gasteiger partial charge < -0.3 is 9.14 Å². The zero-order valence-electron chi connectivity index (χ0n) is 12.4. The van der Waals surface area contributed by atoms with Crippen LogP contribution in [0, 0.1) is 18.6 Å². The Morgan fingerprint density at radius 2 is 2.00 bits per heavy atom. The van der Waals surface area contributed by atoms with Crippen molar-refractivity contribution in [2.24, 2.45) is 0 Å². The third-order valence-electron chi connectivity index (χ3n) is 3.56. The van der Waals surface area contributed by atoms with Gasteiger partial charge in [0.1, 0.15) is 23.0 Å². The highest BCUT2D eigenvalue weighted by atomic mass is 79.9. The molecule has 0 amide bonds. The fraction of sp³-hybridized carbons (Fsp3) is 0.188. The molecule has 3 aromatic rings. The average molecular weight is 403 g/mol. The van der Waals surface area contributed by atoms with Crippen LogP contribution >= 0.6 is 15.9 Å². The number of benzene rings is 1. The Balaban J connectivity index is 2.08. The minimum absolute atomic E-state index is 0.102. The Kier molecular flexibility index (Phi) is 4.49. The molecule has 126 valence electrons. The maximum absolute atomic E-state index is 13.6. The lowest BCUT2D eigenvalue weighted by Crippen LogP contribution is -2.06. The molecule has 2 aromatic heterocycles. The molecule has 1 aromatic carbocycles. The summed E-state index contributed by atoms with van der Waals surface area (Å²) in [5.74, 6) is -1.14. The largest absolute Gasteiger partial charge is 0.435 e. The van der Waals surface area contributed by atoms with Gasteiger partial charge in [-0.05, 0) is 41.1 Å². The van der Waals surface area contributed by atoms with Crippen molar-refractivity contribution in [1.82, 2.24) is 9.38 Å². The van der Waals surface area contributed by atoms with Gasteiger partial charge in [-0.3, -0.25) is 0 Å². The molecule has 3 rings (SSSR count). The maximum atomic E-state index is 13.6. The summed E-state index contributed by atoms with van der Waals surface area (Å²) in [5.41, 5.74) is 1.83. The van der Waals surface area contributed by atoms with E-state index in [0.29, 0.717) is 17.0 Å². The van der Waals surface area contributed by atoms with E-state index in [-0.39, 0.29) is 22.2 Å². The van der Waals surface area contributed by atoms with Crippen LogP contribution < -0.4 is 4.74 Å². The number of alkyl halides is 2. The lowest BCUT2D eigenvalue weighted by Gasteiger charge is -2.11. The van der Waals surface area contributed by atoms with Gasteiger partial charge in [0.05, 0.1) is 10.2 Å². The summed E-state index contributed by atoms with van der Waals surface area (Å²) in [4.78, 5) is 4.24. The molecule has 0 unspecified atom stereocenters. The molecule has 0 fully saturated rings. The molecule has 0 saturated carbocycles. The molecule has 0 aliphatic rings. The second-order valence-corrected chi connectivity index (χ2v) is 6.00. The predicted octanol–water partition coefficient (Wildman–Crippen LogP) is 4.88. The molecule has 0 radical (unpaired) electrons. The average Bonchev–Trinajstić information content (AvgIpc) is 2.78. The molecule has 0 aliphatic heterocycles. The Morgan fingerprint density at radius 1 is 1.25 bits per heavy atom. The van der Waals surface area contributed by atoms with Crippen LogP contribution in [0.1, 0.15) is 17.0 Å². The third kappa shape index (κ3) is 3.24. The smallest absolute Gasteiger partial charge is 0.387 e. The second-order valence-electron chi connectivity index (χ2n) is 5.15. The van der Waals surface area contributed by atoms with Crippen molar-refractivity contribution in [2.75, 3.05) is 0 Å². The third-order valence-corrected chi connectivity index (χ3v) is 4.14. The van der Waals surface area contributed by atoms with Crippen LogP contribution in [0.25, 0.3) is 5.65 Å². The normalized spacial score (nSPS) is 11.5. The zero-order valence-corrected chi connectivity index (χ0v) is 13.9. The minimum atomic E-state index is -3.01. The molecule has 3 nitrogen and oxygen atoms in total. The van der Waals surface area contributed by atoms with Crippen LogP contribution in [0.4, 0.5) is 17.6 Å². The van der Waals surface area contributed by atoms with Gasteiger partial charge in [-0.25, -0.2) is 13.8 Å². The lowest BCUT2D eigenvalue weighted by molar-refractivity contribution is -0.0504. The highest BCUT2D eigenvalue weighted by Crippen LogP contribution is 2.27. The quantitative estimate of drug-likeness (QED) is 0.581. The first-order valence-electron chi connectivity index (χ1n) is 6.91. The second kappa shape index (κ2) is 6.43. The van der Waals surface area contributed by atoms with Crippen LogP contribution in [0.15, 0.2) is 34.9 Å². The zero-order chi connectivity index (χ0) is 17.4. The van der Waals surface area contributed by atoms with Gasteiger partial charge >= 0.3 is 6.61 Å². The Morgan fingerprint density at radius 3 is 2.71 bits per heavy atom. The summed E-state index contributed by atoms with van der Waals surface area (Å²) in [7, 11) is 0. The number of ether oxygens (including phenoxy) is 1. The van der Waals surface area contributed by atoms with E-state index in [0.717, 1.165) is 18.2 Å². The highest BCUT2D eigenvalue weighted by Gasteiger charge is 2.16. The van der Waals surface area contributed by atoms with Gasteiger partial charge in [0, 0.05) is 29.9 Å². The van der Waals surface area contributed by atoms with Crippen molar-refractivity contribution in [3.63, 3.8) is 0 Å². The number of nitrogens with zero attached hydrogens (tertiary/aromatic N) is 2. The van der Waals surface area contributed by atoms with Gasteiger partial charge in [0.25, 0.3) is 0 Å². The van der Waals surface area contributed by atoms with E-state index in [2.05, 4.69) is 25.7 Å². The Hall–Kier alpha value is -2.09. The van der Waals surface area contributed by atoms with Crippen molar-refractivity contribution in [2.45, 2.75) is 20.0 Å². The van der Waals surface area contributed by atoms with Crippen molar-refractivity contribution in [3.8, 4) is 5.75 Å². The Labute approximate surface area is 143 Å². The number of fused-ring (bicyclic) bond motifs is 1. The van der Waals surface area contributed by atoms with Crippen molar-refractivity contribution in [3.05, 3.63) is 63.5 Å². The summed E-state index contributed by atoms with van der Waals surface area (Å²) < 4.78 is 58.5. The molecular weight excluding hydrogens is 392 g/mol. The Bertz CT molecular complexity index is 911. The summed E-state index contributed by atoms with van der Waals surface area (Å²) in [6, 6.07) is 4.59. The number of pyridine rings is 1. The van der Waals surface area contributed by atoms with Gasteiger partial charge in [-0.1, -0.05) is 0 Å². The molecule has 8 heteroatoms. The van der Waals surface area contributed by atoms with E-state index < -0.39 is 18.2 Å². The standard InChI is InChI=1S/C16H11BrF4N2O/c1-8-13(23-7-11(17)12(19)6-15(23)22-8)5-9-4-10(18)2-3-14(9)24-16(20)21/h2-4,6-7,16H,5H2,1H3. The monoisotopic (exact) mass is 402 g/mol. The van der Waals surface area contributed by atoms with E-state index in [1.54, 1.807) is 11.3 Å². The minimum Gasteiger partial charge on any atom is -0.435 e. The van der Waals surface area contributed by atoms with Gasteiger partial charge in [-0.15, -0.1) is 0 Å². The molecule has 0 saturated heterocycles. The maximum Gasteiger partial charge on any atom is 0.387 e. The van der Waals surface area contributed by atoms with Crippen LogP contribution in [0.2, 0.25) is 0 Å². The molecular formula is C16H11BrF4N2O. The molecule has 0 N–H and O–H groups in total. The SMILES string of the molecule is Cc1nc2cc(F)c(Br)cn2c1Cc1cc(F)ccc1OC(F)F. The topological polar surface area (TPSA) is 26.5 Å². The number of hydrogen-bond acceptors (Lipinski definition) is 2. The van der Waals surface area contributed by atoms with E-state index in [9.17, 15) is 17.6 Å². The van der Waals surface area contributed by atoms with Gasteiger partial charge in [0.15, 0.2) is 0 Å². The number of aromatic nitrogens is 2. The van der Waals surface area contributed by atoms with Crippen LogP contribution in [-0.4, -0.2) is 16.0 Å². The first kappa shape index (κ1) is 16.8. The predicted molar refractivity (Wildman–Crippen MR) is 83.4 cm³/mol. The molecule has 0 bridgehead atoms. The summed E-state index contributed by atoms with van der Waals surface area (Å²) >= 11 is 3.10. The van der Waals surface area contributed by atoms with E-state index in [4.69, 9.17) is 0 Å². The van der Waals surface area contributed by atoms with Crippen LogP contribution in [0.3, 0.4) is 0 Å². The number of hydrogen-bond donors (Lipinski definition) is 0. The molecule has 0 aliphatic carbocycles. The fourth-order valence-corrected chi connectivity index (χ4v) is 2.82. The number of halogens is 5. The molecule has 24 heavy (non-hydrogen) atoms. The van der Waals surface area contributed by atoms with Gasteiger partial charge in [0.2, 0.25) is 0 Å². The first-order valence-corrected chi connectivity index (χ1v) is 7.70. The van der Waals surface area contributed by atoms with Crippen molar-refractivity contribution in [1.29, 1.82) is 0 Å². The highest BCUT2D eigenvalue weighted by molar-refractivity contribution is 9.10. The van der Waals surface area contributed by atoms with Crippen LogP contribution in [0.5, 0.6) is 5.75 Å². The first-order chi connectivity index (χ1) is 11.3. The van der Waals surface area contributed by atoms with Crippen LogP contribution in [-0.2, 0) is 6.42 Å². The van der Waals surface area contributed by atoms with E-state index >= 15 is 0 Å². The molecule has 0 atom stereocenters. The summed E-state index contributed by atoms with van der Waals surface area (Å²) in [6.07, 6.45) is 1.60. The fourth-order valence-electron chi connectivity index (χ4n) is 2.50. The lowest BCUT2D eigenvalue weighted by atomic mass is 10.1. The molecule has 2 heterocycles. The summed E-state index contributed by atoms with van der Waals surface area (Å²) in [6.45, 7) is -1.30. The van der Waals surface area contributed by atoms with Gasteiger partial charge in [-0.2, -0.15) is 8.78 Å². The van der Waals surface area contributed by atoms with Crippen molar-refractivity contribution >= 4 is 21.6 Å². The molecule has 0 spiro atoms. The number of aryl methyl sites for hydroxylation is 1. The van der Waals surface area contributed by atoms with E-state index in [1.165, 1.54) is 12.3 Å². The number of imidazole rings is 1. The number of rotatable bonds is 4. The van der Waals surface area contributed by atoms with Crippen molar-refractivity contribution < 1.29 is 22.3 Å². The van der Waals surface area contributed by atoms with E-state index in [1.807, 2.05) is 0 Å². The summed E-state index contributed by atoms with van der Waals surface area (Å²) in [5, 5.41) is 0.